The van der Waals surface area contributed by atoms with Crippen LogP contribution in [-0.4, -0.2) is 44.5 Å². The van der Waals surface area contributed by atoms with Crippen LogP contribution in [0.15, 0.2) is 18.2 Å². The van der Waals surface area contributed by atoms with Crippen LogP contribution in [-0.2, 0) is 4.79 Å². The van der Waals surface area contributed by atoms with Crippen molar-refractivity contribution in [1.82, 2.24) is 10.2 Å². The lowest BCUT2D eigenvalue weighted by Crippen LogP contribution is -2.49. The predicted molar refractivity (Wildman–Crippen MR) is 73.7 cm³/mol. The molecule has 1 N–H and O–H groups in total. The van der Waals surface area contributed by atoms with E-state index in [0.717, 1.165) is 5.56 Å². The molecule has 19 heavy (non-hydrogen) atoms. The number of para-hydroxylation sites is 1. The molecule has 1 heterocycles. The van der Waals surface area contributed by atoms with Crippen molar-refractivity contribution in [3.63, 3.8) is 0 Å². The number of benzene rings is 1. The molecule has 5 heteroatoms. The van der Waals surface area contributed by atoms with Gasteiger partial charge in [-0.2, -0.15) is 0 Å². The standard InChI is InChI=1S/C14H20FN3O/c1-10(16-2)11-5-4-6-12(15)14(11)18-8-7-17(3)13(19)9-18/h4-6,10,16H,7-9H2,1-3H3. The van der Waals surface area contributed by atoms with Crippen LogP contribution in [0, 0.1) is 5.82 Å². The summed E-state index contributed by atoms with van der Waals surface area (Å²) >= 11 is 0. The Morgan fingerprint density at radius 1 is 1.37 bits per heavy atom. The summed E-state index contributed by atoms with van der Waals surface area (Å²) in [4.78, 5) is 15.3. The number of carbonyl (C=O) groups is 1. The minimum atomic E-state index is -0.267. The van der Waals surface area contributed by atoms with Crippen molar-refractivity contribution < 1.29 is 9.18 Å². The highest BCUT2D eigenvalue weighted by Gasteiger charge is 2.26. The third-order valence-electron chi connectivity index (χ3n) is 3.69. The first-order valence-electron chi connectivity index (χ1n) is 6.49. The second kappa shape index (κ2) is 5.57. The van der Waals surface area contributed by atoms with Gasteiger partial charge in [0.05, 0.1) is 12.2 Å². The summed E-state index contributed by atoms with van der Waals surface area (Å²) in [7, 11) is 3.62. The van der Waals surface area contributed by atoms with E-state index in [0.29, 0.717) is 18.8 Å². The number of hydrogen-bond acceptors (Lipinski definition) is 3. The summed E-state index contributed by atoms with van der Waals surface area (Å²) in [5.41, 5.74) is 1.44. The van der Waals surface area contributed by atoms with E-state index in [1.54, 1.807) is 18.0 Å². The van der Waals surface area contributed by atoms with Gasteiger partial charge in [-0.1, -0.05) is 12.1 Å². The topological polar surface area (TPSA) is 35.6 Å². The molecule has 1 saturated heterocycles. The van der Waals surface area contributed by atoms with E-state index in [9.17, 15) is 9.18 Å². The van der Waals surface area contributed by atoms with Gasteiger partial charge in [0.25, 0.3) is 0 Å². The molecular formula is C14H20FN3O. The summed E-state index contributed by atoms with van der Waals surface area (Å²) in [5.74, 6) is -0.241. The van der Waals surface area contributed by atoms with Gasteiger partial charge in [-0.25, -0.2) is 4.39 Å². The first-order chi connectivity index (χ1) is 9.04. The molecule has 1 aromatic rings. The quantitative estimate of drug-likeness (QED) is 0.897. The zero-order valence-corrected chi connectivity index (χ0v) is 11.6. The summed E-state index contributed by atoms with van der Waals surface area (Å²) in [6, 6.07) is 5.10. The molecule has 0 spiro atoms. The van der Waals surface area contributed by atoms with Crippen LogP contribution < -0.4 is 10.2 Å². The molecule has 0 aromatic heterocycles. The van der Waals surface area contributed by atoms with Crippen molar-refractivity contribution in [2.45, 2.75) is 13.0 Å². The maximum Gasteiger partial charge on any atom is 0.241 e. The summed E-state index contributed by atoms with van der Waals surface area (Å²) in [6.07, 6.45) is 0. The predicted octanol–water partition coefficient (Wildman–Crippen LogP) is 1.38. The molecule has 104 valence electrons. The zero-order chi connectivity index (χ0) is 14.0. The summed E-state index contributed by atoms with van der Waals surface area (Å²) < 4.78 is 14.2. The second-order valence-electron chi connectivity index (χ2n) is 4.92. The van der Waals surface area contributed by atoms with E-state index in [1.807, 2.05) is 24.9 Å². The van der Waals surface area contributed by atoms with Gasteiger partial charge >= 0.3 is 0 Å². The van der Waals surface area contributed by atoms with Crippen LogP contribution in [0.4, 0.5) is 10.1 Å². The maximum absolute atomic E-state index is 14.2. The zero-order valence-electron chi connectivity index (χ0n) is 11.6. The molecule has 0 bridgehead atoms. The molecular weight excluding hydrogens is 245 g/mol. The van der Waals surface area contributed by atoms with Gasteiger partial charge in [0.2, 0.25) is 5.91 Å². The van der Waals surface area contributed by atoms with E-state index >= 15 is 0 Å². The Morgan fingerprint density at radius 3 is 2.74 bits per heavy atom. The number of carbonyl (C=O) groups excluding carboxylic acids is 1. The number of anilines is 1. The molecule has 1 atom stereocenters. The van der Waals surface area contributed by atoms with Gasteiger partial charge in [-0.15, -0.1) is 0 Å². The van der Waals surface area contributed by atoms with Crippen molar-refractivity contribution >= 4 is 11.6 Å². The fourth-order valence-corrected chi connectivity index (χ4v) is 2.32. The third-order valence-corrected chi connectivity index (χ3v) is 3.69. The van der Waals surface area contributed by atoms with Crippen LogP contribution in [0.1, 0.15) is 18.5 Å². The van der Waals surface area contributed by atoms with Gasteiger partial charge in [-0.05, 0) is 25.6 Å². The molecule has 0 aliphatic carbocycles. The van der Waals surface area contributed by atoms with E-state index in [-0.39, 0.29) is 24.3 Å². The first-order valence-corrected chi connectivity index (χ1v) is 6.49. The minimum absolute atomic E-state index is 0.0255. The monoisotopic (exact) mass is 265 g/mol. The molecule has 0 radical (unpaired) electrons. The Bertz CT molecular complexity index is 478. The van der Waals surface area contributed by atoms with Crippen LogP contribution in [0.3, 0.4) is 0 Å². The Labute approximate surface area is 113 Å². The molecule has 1 aliphatic rings. The molecule has 1 fully saturated rings. The lowest BCUT2D eigenvalue weighted by atomic mass is 10.0. The molecule has 0 saturated carbocycles. The fourth-order valence-electron chi connectivity index (χ4n) is 2.32. The van der Waals surface area contributed by atoms with E-state index < -0.39 is 0 Å². The Morgan fingerprint density at radius 2 is 2.11 bits per heavy atom. The van der Waals surface area contributed by atoms with Crippen LogP contribution >= 0.6 is 0 Å². The lowest BCUT2D eigenvalue weighted by molar-refractivity contribution is -0.129. The average molecular weight is 265 g/mol. The van der Waals surface area contributed by atoms with E-state index in [2.05, 4.69) is 5.32 Å². The highest BCUT2D eigenvalue weighted by atomic mass is 19.1. The van der Waals surface area contributed by atoms with Crippen molar-refractivity contribution in [2.75, 3.05) is 38.6 Å². The summed E-state index contributed by atoms with van der Waals surface area (Å²) in [6.45, 7) is 3.50. The highest BCUT2D eigenvalue weighted by Crippen LogP contribution is 2.30. The first kappa shape index (κ1) is 13.8. The van der Waals surface area contributed by atoms with Crippen molar-refractivity contribution in [3.8, 4) is 0 Å². The number of amides is 1. The van der Waals surface area contributed by atoms with E-state index in [4.69, 9.17) is 0 Å². The normalized spacial score (nSPS) is 17.8. The van der Waals surface area contributed by atoms with Gasteiger partial charge in [0.15, 0.2) is 0 Å². The number of rotatable bonds is 3. The molecule has 2 rings (SSSR count). The molecule has 4 nitrogen and oxygen atoms in total. The molecule has 1 aromatic carbocycles. The van der Waals surface area contributed by atoms with Crippen LogP contribution in [0.2, 0.25) is 0 Å². The number of nitrogens with zero attached hydrogens (tertiary/aromatic N) is 2. The van der Waals surface area contributed by atoms with Gasteiger partial charge in [-0.3, -0.25) is 4.79 Å². The molecule has 1 amide bonds. The minimum Gasteiger partial charge on any atom is -0.358 e. The number of piperazine rings is 1. The Balaban J connectivity index is 2.36. The Kier molecular flexibility index (Phi) is 4.04. The highest BCUT2D eigenvalue weighted by molar-refractivity contribution is 5.83. The number of halogens is 1. The van der Waals surface area contributed by atoms with Crippen molar-refractivity contribution in [2.24, 2.45) is 0 Å². The largest absolute Gasteiger partial charge is 0.358 e. The smallest absolute Gasteiger partial charge is 0.241 e. The lowest BCUT2D eigenvalue weighted by Gasteiger charge is -2.35. The number of hydrogen-bond donors (Lipinski definition) is 1. The van der Waals surface area contributed by atoms with Gasteiger partial charge in [0, 0.05) is 26.2 Å². The number of likely N-dealkylation sites (N-methyl/N-ethyl adjacent to an activating group) is 1. The maximum atomic E-state index is 14.2. The van der Waals surface area contributed by atoms with Crippen LogP contribution in [0.5, 0.6) is 0 Å². The Hall–Kier alpha value is -1.62. The van der Waals surface area contributed by atoms with Crippen molar-refractivity contribution in [1.29, 1.82) is 0 Å². The van der Waals surface area contributed by atoms with Gasteiger partial charge < -0.3 is 15.1 Å². The second-order valence-corrected chi connectivity index (χ2v) is 4.92. The average Bonchev–Trinajstić information content (AvgIpc) is 2.41. The SMILES string of the molecule is CNC(C)c1cccc(F)c1N1CCN(C)C(=O)C1. The molecule has 1 aliphatic heterocycles. The summed E-state index contributed by atoms with van der Waals surface area (Å²) in [5, 5.41) is 3.12. The number of nitrogens with one attached hydrogen (secondary N) is 1. The van der Waals surface area contributed by atoms with Crippen LogP contribution in [0.25, 0.3) is 0 Å². The molecule has 1 unspecified atom stereocenters. The third kappa shape index (κ3) is 2.71. The van der Waals surface area contributed by atoms with Crippen molar-refractivity contribution in [3.05, 3.63) is 29.6 Å². The van der Waals surface area contributed by atoms with Gasteiger partial charge in [0.1, 0.15) is 5.82 Å². The fraction of sp³-hybridized carbons (Fsp3) is 0.500. The van der Waals surface area contributed by atoms with E-state index in [1.165, 1.54) is 6.07 Å².